The van der Waals surface area contributed by atoms with Crippen LogP contribution in [0.15, 0.2) is 58.3 Å². The van der Waals surface area contributed by atoms with Gasteiger partial charge in [0.2, 0.25) is 0 Å². The minimum Gasteiger partial charge on any atom is -0.356 e. The highest BCUT2D eigenvalue weighted by molar-refractivity contribution is 7.99. The van der Waals surface area contributed by atoms with Crippen molar-refractivity contribution >= 4 is 19.7 Å². The Labute approximate surface area is 133 Å². The number of hydrogen-bond acceptors (Lipinski definition) is 2. The Morgan fingerprint density at radius 1 is 1.14 bits per heavy atom. The summed E-state index contributed by atoms with van der Waals surface area (Å²) >= 11 is 1.84. The number of nitrogens with zero attached hydrogens (tertiary/aromatic N) is 1. The van der Waals surface area contributed by atoms with Crippen LogP contribution >= 0.6 is 11.8 Å². The Bertz CT molecular complexity index is 597. The van der Waals surface area contributed by atoms with Crippen LogP contribution in [0.1, 0.15) is 29.9 Å². The normalized spacial score (nSPS) is 17.7. The first-order valence-corrected chi connectivity index (χ1v) is 8.35. The topological polar surface area (TPSA) is 3.24 Å². The molecule has 3 rings (SSSR count). The zero-order valence-corrected chi connectivity index (χ0v) is 13.3. The van der Waals surface area contributed by atoms with E-state index in [1.165, 1.54) is 40.2 Å². The fourth-order valence-corrected chi connectivity index (χ4v) is 4.02. The molecule has 0 heterocycles. The highest BCUT2D eigenvalue weighted by atomic mass is 32.2. The van der Waals surface area contributed by atoms with Crippen molar-refractivity contribution in [3.8, 4) is 0 Å². The molecular formula is C18H20BNS. The highest BCUT2D eigenvalue weighted by Crippen LogP contribution is 2.36. The Kier molecular flexibility index (Phi) is 4.71. The number of aryl methyl sites for hydroxylation is 1. The number of likely N-dealkylation sites (N-methyl/N-ethyl adjacent to an activating group) is 1. The molecule has 2 aromatic carbocycles. The predicted molar refractivity (Wildman–Crippen MR) is 91.1 cm³/mol. The summed E-state index contributed by atoms with van der Waals surface area (Å²) in [5, 5.41) is 0. The van der Waals surface area contributed by atoms with E-state index in [0.717, 1.165) is 6.54 Å². The van der Waals surface area contributed by atoms with Gasteiger partial charge in [0.15, 0.2) is 7.98 Å². The summed E-state index contributed by atoms with van der Waals surface area (Å²) in [4.78, 5) is 4.44. The van der Waals surface area contributed by atoms with Crippen LogP contribution in [0.3, 0.4) is 0 Å². The van der Waals surface area contributed by atoms with Gasteiger partial charge in [0.1, 0.15) is 0 Å². The predicted octanol–water partition coefficient (Wildman–Crippen LogP) is 4.27. The molecule has 0 fully saturated rings. The molecule has 1 atom stereocenters. The van der Waals surface area contributed by atoms with Crippen LogP contribution in [0.4, 0.5) is 0 Å². The molecule has 1 aliphatic rings. The summed E-state index contributed by atoms with van der Waals surface area (Å²) in [5.74, 6) is 0.583. The molecule has 0 unspecified atom stereocenters. The molecule has 0 saturated heterocycles. The van der Waals surface area contributed by atoms with Crippen molar-refractivity contribution in [2.75, 3.05) is 13.6 Å². The first kappa shape index (κ1) is 14.7. The fourth-order valence-electron chi connectivity index (χ4n) is 3.12. The maximum absolute atomic E-state index is 5.84. The molecule has 0 amide bonds. The first-order chi connectivity index (χ1) is 10.2. The second kappa shape index (κ2) is 6.72. The standard InChI is InChI=1S/C18H20BNS/c1-20(19)13-15-7-5-6-14-12-17(10-11-18(14)15)21-16-8-3-2-4-9-16/h2-4,8-12,15H,5-7,13H2,1H3/t15-/m1/s1. The quantitative estimate of drug-likeness (QED) is 0.774. The summed E-state index contributed by atoms with van der Waals surface area (Å²) in [5.41, 5.74) is 3.00. The van der Waals surface area contributed by atoms with E-state index in [-0.39, 0.29) is 0 Å². The molecule has 0 saturated carbocycles. The molecule has 0 aliphatic heterocycles. The minimum atomic E-state index is 0.583. The molecule has 0 N–H and O–H groups in total. The van der Waals surface area contributed by atoms with Crippen LogP contribution in [0, 0.1) is 0 Å². The van der Waals surface area contributed by atoms with Crippen molar-refractivity contribution in [3.63, 3.8) is 0 Å². The van der Waals surface area contributed by atoms with Gasteiger partial charge >= 0.3 is 0 Å². The third kappa shape index (κ3) is 3.72. The molecule has 1 aliphatic carbocycles. The molecule has 0 aromatic heterocycles. The van der Waals surface area contributed by atoms with Gasteiger partial charge in [0, 0.05) is 9.79 Å². The summed E-state index contributed by atoms with van der Waals surface area (Å²) in [6.45, 7) is 0.943. The molecule has 21 heavy (non-hydrogen) atoms. The fraction of sp³-hybridized carbons (Fsp3) is 0.333. The van der Waals surface area contributed by atoms with E-state index in [2.05, 4.69) is 48.5 Å². The van der Waals surface area contributed by atoms with Gasteiger partial charge in [-0.1, -0.05) is 36.0 Å². The highest BCUT2D eigenvalue weighted by Gasteiger charge is 2.20. The Balaban J connectivity index is 1.81. The summed E-state index contributed by atoms with van der Waals surface area (Å²) in [6.07, 6.45) is 3.72. The van der Waals surface area contributed by atoms with Gasteiger partial charge in [-0.25, -0.2) is 0 Å². The first-order valence-electron chi connectivity index (χ1n) is 7.54. The number of benzene rings is 2. The van der Waals surface area contributed by atoms with Crippen molar-refractivity contribution in [1.29, 1.82) is 0 Å². The average Bonchev–Trinajstić information content (AvgIpc) is 2.48. The van der Waals surface area contributed by atoms with Crippen molar-refractivity contribution in [2.24, 2.45) is 0 Å². The van der Waals surface area contributed by atoms with Gasteiger partial charge < -0.3 is 4.81 Å². The molecule has 106 valence electrons. The van der Waals surface area contributed by atoms with Crippen LogP contribution in [0.25, 0.3) is 0 Å². The Morgan fingerprint density at radius 3 is 2.71 bits per heavy atom. The van der Waals surface area contributed by atoms with Crippen LogP contribution in [0.2, 0.25) is 0 Å². The van der Waals surface area contributed by atoms with Gasteiger partial charge in [-0.05, 0) is 74.2 Å². The zero-order valence-electron chi connectivity index (χ0n) is 12.5. The molecule has 3 heteroatoms. The van der Waals surface area contributed by atoms with Crippen LogP contribution in [-0.2, 0) is 6.42 Å². The van der Waals surface area contributed by atoms with E-state index in [9.17, 15) is 0 Å². The largest absolute Gasteiger partial charge is 0.356 e. The van der Waals surface area contributed by atoms with Crippen molar-refractivity contribution < 1.29 is 0 Å². The Hall–Kier alpha value is -1.19. The smallest absolute Gasteiger partial charge is 0.182 e. The average molecular weight is 293 g/mol. The lowest BCUT2D eigenvalue weighted by molar-refractivity contribution is 0.436. The molecule has 2 radical (unpaired) electrons. The van der Waals surface area contributed by atoms with E-state index in [1.54, 1.807) is 0 Å². The molecule has 2 aromatic rings. The van der Waals surface area contributed by atoms with Crippen LogP contribution < -0.4 is 0 Å². The second-order valence-corrected chi connectivity index (χ2v) is 6.95. The number of rotatable bonds is 4. The number of hydrogen-bond donors (Lipinski definition) is 0. The van der Waals surface area contributed by atoms with Gasteiger partial charge in [-0.2, -0.15) is 0 Å². The third-order valence-corrected chi connectivity index (χ3v) is 5.04. The Morgan fingerprint density at radius 2 is 1.95 bits per heavy atom. The summed E-state index contributed by atoms with van der Waals surface area (Å²) in [6, 6.07) is 17.5. The van der Waals surface area contributed by atoms with Crippen molar-refractivity contribution in [3.05, 3.63) is 59.7 Å². The number of fused-ring (bicyclic) bond motifs is 1. The lowest BCUT2D eigenvalue weighted by Crippen LogP contribution is -2.24. The third-order valence-electron chi connectivity index (χ3n) is 4.04. The van der Waals surface area contributed by atoms with Crippen LogP contribution in [0.5, 0.6) is 0 Å². The lowest BCUT2D eigenvalue weighted by atomic mass is 9.82. The maximum Gasteiger partial charge on any atom is 0.182 e. The van der Waals surface area contributed by atoms with E-state index < -0.39 is 0 Å². The van der Waals surface area contributed by atoms with Crippen LogP contribution in [-0.4, -0.2) is 26.4 Å². The molecule has 0 spiro atoms. The van der Waals surface area contributed by atoms with E-state index >= 15 is 0 Å². The summed E-state index contributed by atoms with van der Waals surface area (Å²) in [7, 11) is 7.79. The summed E-state index contributed by atoms with van der Waals surface area (Å²) < 4.78 is 0. The van der Waals surface area contributed by atoms with E-state index in [0.29, 0.717) is 5.92 Å². The maximum atomic E-state index is 5.84. The zero-order chi connectivity index (χ0) is 14.7. The molecule has 0 bridgehead atoms. The van der Waals surface area contributed by atoms with Crippen molar-refractivity contribution in [2.45, 2.75) is 35.0 Å². The van der Waals surface area contributed by atoms with E-state index in [1.807, 2.05) is 23.6 Å². The van der Waals surface area contributed by atoms with Gasteiger partial charge in [-0.3, -0.25) is 0 Å². The minimum absolute atomic E-state index is 0.583. The molecular weight excluding hydrogens is 273 g/mol. The van der Waals surface area contributed by atoms with Gasteiger partial charge in [0.05, 0.1) is 0 Å². The van der Waals surface area contributed by atoms with Gasteiger partial charge in [-0.15, -0.1) is 0 Å². The monoisotopic (exact) mass is 293 g/mol. The SMILES string of the molecule is [B]N(C)C[C@H]1CCCc2cc(Sc3ccccc3)ccc21. The lowest BCUT2D eigenvalue weighted by Gasteiger charge is -2.28. The second-order valence-electron chi connectivity index (χ2n) is 5.80. The molecule has 1 nitrogen and oxygen atoms in total. The van der Waals surface area contributed by atoms with Gasteiger partial charge in [0.25, 0.3) is 0 Å². The van der Waals surface area contributed by atoms with Crippen molar-refractivity contribution in [1.82, 2.24) is 4.81 Å². The van der Waals surface area contributed by atoms with E-state index in [4.69, 9.17) is 7.98 Å².